The van der Waals surface area contributed by atoms with Gasteiger partial charge in [-0.1, -0.05) is 0 Å². The molecular weight excluding hydrogens is 416 g/mol. The molecule has 2 saturated heterocycles. The number of aromatic nitrogens is 4. The minimum Gasteiger partial charge on any atom is -0.355 e. The monoisotopic (exact) mass is 441 g/mol. The van der Waals surface area contributed by atoms with E-state index < -0.39 is 17.4 Å². The lowest BCUT2D eigenvalue weighted by Crippen LogP contribution is -2.51. The molecule has 3 aromatic heterocycles. The Bertz CT molecular complexity index is 1160. The maximum absolute atomic E-state index is 14.2. The van der Waals surface area contributed by atoms with Gasteiger partial charge in [-0.25, -0.2) is 23.7 Å². The van der Waals surface area contributed by atoms with Gasteiger partial charge < -0.3 is 14.6 Å². The fourth-order valence-electron chi connectivity index (χ4n) is 4.45. The molecule has 0 spiro atoms. The first kappa shape index (κ1) is 20.7. The summed E-state index contributed by atoms with van der Waals surface area (Å²) in [6.45, 7) is 7.32. The van der Waals surface area contributed by atoms with E-state index in [1.807, 2.05) is 0 Å². The van der Waals surface area contributed by atoms with E-state index in [-0.39, 0.29) is 11.3 Å². The van der Waals surface area contributed by atoms with Crippen LogP contribution < -0.4 is 10.2 Å². The number of carbonyl (C=O) groups is 1. The summed E-state index contributed by atoms with van der Waals surface area (Å²) in [7, 11) is 0. The van der Waals surface area contributed by atoms with Crippen molar-refractivity contribution in [1.29, 1.82) is 0 Å². The Hall–Kier alpha value is -3.14. The van der Waals surface area contributed by atoms with Crippen molar-refractivity contribution < 1.29 is 13.6 Å². The van der Waals surface area contributed by atoms with Crippen LogP contribution >= 0.6 is 0 Å². The van der Waals surface area contributed by atoms with E-state index in [9.17, 15) is 13.6 Å². The quantitative estimate of drug-likeness (QED) is 0.656. The first-order valence-electron chi connectivity index (χ1n) is 10.7. The summed E-state index contributed by atoms with van der Waals surface area (Å²) >= 11 is 0. The molecule has 1 N–H and O–H groups in total. The molecule has 2 fully saturated rings. The van der Waals surface area contributed by atoms with Crippen LogP contribution in [0.5, 0.6) is 0 Å². The number of nitrogens with zero attached hydrogens (tertiary/aromatic N) is 6. The van der Waals surface area contributed by atoms with E-state index >= 15 is 0 Å². The fourth-order valence-corrected chi connectivity index (χ4v) is 4.45. The Labute approximate surface area is 184 Å². The van der Waals surface area contributed by atoms with E-state index in [1.54, 1.807) is 32.4 Å². The number of hydrogen-bond donors (Lipinski definition) is 1. The molecule has 1 atom stereocenters. The van der Waals surface area contributed by atoms with E-state index in [2.05, 4.69) is 30.1 Å². The van der Waals surface area contributed by atoms with Gasteiger partial charge in [-0.05, 0) is 20.3 Å². The number of imidazole rings is 1. The molecule has 0 radical (unpaired) electrons. The van der Waals surface area contributed by atoms with Crippen molar-refractivity contribution in [2.24, 2.45) is 5.92 Å². The molecule has 3 aromatic rings. The van der Waals surface area contributed by atoms with E-state index in [4.69, 9.17) is 0 Å². The SMILES string of the molecule is Cc1cn2cc(NC(=O)c3cnc(N4CC(CN5CC[C@@](C)(F)C5)C4)cn3)cc(F)c2n1. The molecule has 0 bridgehead atoms. The highest BCUT2D eigenvalue weighted by molar-refractivity contribution is 6.02. The van der Waals surface area contributed by atoms with Crippen LogP contribution in [0, 0.1) is 18.7 Å². The lowest BCUT2D eigenvalue weighted by Gasteiger charge is -2.41. The molecule has 2 aliphatic heterocycles. The Morgan fingerprint density at radius 3 is 2.78 bits per heavy atom. The number of halogens is 2. The summed E-state index contributed by atoms with van der Waals surface area (Å²) < 4.78 is 29.7. The second-order valence-electron chi connectivity index (χ2n) is 9.07. The number of aryl methyl sites for hydroxylation is 1. The summed E-state index contributed by atoms with van der Waals surface area (Å²) in [5.41, 5.74) is 0.275. The van der Waals surface area contributed by atoms with Gasteiger partial charge in [0.25, 0.3) is 5.91 Å². The summed E-state index contributed by atoms with van der Waals surface area (Å²) in [5, 5.41) is 2.65. The van der Waals surface area contributed by atoms with Crippen molar-refractivity contribution in [2.75, 3.05) is 42.9 Å². The average Bonchev–Trinajstić information content (AvgIpc) is 3.25. The van der Waals surface area contributed by atoms with Crippen LogP contribution in [0.25, 0.3) is 5.65 Å². The van der Waals surface area contributed by atoms with Crippen LogP contribution in [-0.4, -0.2) is 68.6 Å². The third-order valence-electron chi connectivity index (χ3n) is 6.06. The number of pyridine rings is 1. The average molecular weight is 441 g/mol. The largest absolute Gasteiger partial charge is 0.355 e. The second-order valence-corrected chi connectivity index (χ2v) is 9.07. The third kappa shape index (κ3) is 4.14. The Balaban J connectivity index is 1.17. The predicted octanol–water partition coefficient (Wildman–Crippen LogP) is 2.69. The first-order valence-corrected chi connectivity index (χ1v) is 10.7. The number of carbonyl (C=O) groups excluding carboxylic acids is 1. The molecule has 10 heteroatoms. The minimum atomic E-state index is -1.07. The van der Waals surface area contributed by atoms with Crippen molar-refractivity contribution in [2.45, 2.75) is 25.9 Å². The van der Waals surface area contributed by atoms with Gasteiger partial charge in [0.2, 0.25) is 0 Å². The van der Waals surface area contributed by atoms with E-state index in [0.717, 1.165) is 26.2 Å². The zero-order chi connectivity index (χ0) is 22.5. The molecule has 5 heterocycles. The van der Waals surface area contributed by atoms with Crippen molar-refractivity contribution in [3.63, 3.8) is 0 Å². The zero-order valence-corrected chi connectivity index (χ0v) is 18.1. The molecule has 0 aliphatic carbocycles. The van der Waals surface area contributed by atoms with Crippen molar-refractivity contribution in [3.8, 4) is 0 Å². The van der Waals surface area contributed by atoms with Crippen LogP contribution in [0.3, 0.4) is 0 Å². The normalized spacial score (nSPS) is 21.8. The highest BCUT2D eigenvalue weighted by Gasteiger charge is 2.37. The molecule has 8 nitrogen and oxygen atoms in total. The first-order chi connectivity index (χ1) is 15.3. The number of fused-ring (bicyclic) bond motifs is 1. The van der Waals surface area contributed by atoms with Crippen molar-refractivity contribution in [3.05, 3.63) is 48.1 Å². The highest BCUT2D eigenvalue weighted by Crippen LogP contribution is 2.28. The van der Waals surface area contributed by atoms with Crippen LogP contribution in [0.1, 0.15) is 29.5 Å². The molecule has 0 saturated carbocycles. The van der Waals surface area contributed by atoms with Gasteiger partial charge in [0.05, 0.1) is 23.8 Å². The van der Waals surface area contributed by atoms with Crippen LogP contribution in [0.4, 0.5) is 20.3 Å². The summed E-state index contributed by atoms with van der Waals surface area (Å²) in [6, 6.07) is 1.23. The smallest absolute Gasteiger partial charge is 0.275 e. The van der Waals surface area contributed by atoms with Crippen LogP contribution in [-0.2, 0) is 0 Å². The molecule has 168 valence electrons. The van der Waals surface area contributed by atoms with Gasteiger partial charge >= 0.3 is 0 Å². The van der Waals surface area contributed by atoms with Gasteiger partial charge in [-0.2, -0.15) is 0 Å². The van der Waals surface area contributed by atoms with E-state index in [0.29, 0.717) is 36.1 Å². The lowest BCUT2D eigenvalue weighted by molar-refractivity contribution is 0.102. The van der Waals surface area contributed by atoms with Gasteiger partial charge in [0, 0.05) is 57.1 Å². The number of likely N-dealkylation sites (tertiary alicyclic amines) is 1. The number of rotatable bonds is 5. The maximum Gasteiger partial charge on any atom is 0.275 e. The molecule has 0 unspecified atom stereocenters. The van der Waals surface area contributed by atoms with Crippen LogP contribution in [0.15, 0.2) is 30.9 Å². The van der Waals surface area contributed by atoms with Crippen molar-refractivity contribution in [1.82, 2.24) is 24.3 Å². The lowest BCUT2D eigenvalue weighted by atomic mass is 10.00. The minimum absolute atomic E-state index is 0.146. The van der Waals surface area contributed by atoms with E-state index in [1.165, 1.54) is 16.7 Å². The molecule has 32 heavy (non-hydrogen) atoms. The van der Waals surface area contributed by atoms with Gasteiger partial charge in [-0.3, -0.25) is 9.69 Å². The second kappa shape index (κ2) is 7.77. The topological polar surface area (TPSA) is 78.7 Å². The summed E-state index contributed by atoms with van der Waals surface area (Å²) in [4.78, 5) is 29.5. The molecule has 5 rings (SSSR count). The Kier molecular flexibility index (Phi) is 5.04. The Morgan fingerprint density at radius 2 is 2.09 bits per heavy atom. The maximum atomic E-state index is 14.2. The van der Waals surface area contributed by atoms with Crippen LogP contribution in [0.2, 0.25) is 0 Å². The molecule has 2 aliphatic rings. The molecule has 1 amide bonds. The predicted molar refractivity (Wildman–Crippen MR) is 116 cm³/mol. The number of nitrogens with one attached hydrogen (secondary N) is 1. The number of hydrogen-bond acceptors (Lipinski definition) is 6. The molecule has 0 aromatic carbocycles. The third-order valence-corrected chi connectivity index (χ3v) is 6.06. The summed E-state index contributed by atoms with van der Waals surface area (Å²) in [6.07, 6.45) is 6.87. The molecular formula is C22H25F2N7O. The van der Waals surface area contributed by atoms with Gasteiger partial charge in [-0.15, -0.1) is 0 Å². The summed E-state index contributed by atoms with van der Waals surface area (Å²) in [5.74, 6) is 0.195. The Morgan fingerprint density at radius 1 is 1.28 bits per heavy atom. The standard InChI is InChI=1S/C22H25F2N7O/c1-14-8-31-12-16(5-17(23)20(31)27-14)28-21(32)18-6-26-19(7-25-18)30-10-15(11-30)9-29-4-3-22(2,24)13-29/h5-8,12,15H,3-4,9-11,13H2,1-2H3,(H,28,32)/t22-/m1/s1. The number of amides is 1. The zero-order valence-electron chi connectivity index (χ0n) is 18.1. The van der Waals surface area contributed by atoms with Gasteiger partial charge in [0.15, 0.2) is 11.5 Å². The van der Waals surface area contributed by atoms with Crippen molar-refractivity contribution >= 4 is 23.1 Å². The highest BCUT2D eigenvalue weighted by atomic mass is 19.1. The van der Waals surface area contributed by atoms with Gasteiger partial charge in [0.1, 0.15) is 17.2 Å². The number of alkyl halides is 1. The number of anilines is 2. The fraction of sp³-hybridized carbons (Fsp3) is 0.455.